The Morgan fingerprint density at radius 3 is 2.21 bits per heavy atom. The Morgan fingerprint density at radius 1 is 1.11 bits per heavy atom. The topological polar surface area (TPSA) is 20.2 Å². The van der Waals surface area contributed by atoms with Crippen LogP contribution in [0.25, 0.3) is 0 Å². The average Bonchev–Trinajstić information content (AvgIpc) is 2.36. The van der Waals surface area contributed by atoms with Crippen molar-refractivity contribution in [3.63, 3.8) is 0 Å². The van der Waals surface area contributed by atoms with Crippen molar-refractivity contribution >= 4 is 0 Å². The molecule has 1 N–H and O–H groups in total. The van der Waals surface area contributed by atoms with E-state index >= 15 is 0 Å². The standard InChI is InChI=1S/C18H30O/c1-7-14-9-10-15(8-2)16(12-14)17(19)11-13(3)18(4,5)6/h9-10,12-13,17,19H,7-8,11H2,1-6H3. The molecular weight excluding hydrogens is 232 g/mol. The second-order valence-corrected chi connectivity index (χ2v) is 6.76. The maximum atomic E-state index is 10.6. The molecule has 0 amide bonds. The molecule has 1 aromatic rings. The van der Waals surface area contributed by atoms with Crippen LogP contribution in [-0.2, 0) is 12.8 Å². The van der Waals surface area contributed by atoms with Gasteiger partial charge in [0.05, 0.1) is 6.10 Å². The fourth-order valence-corrected chi connectivity index (χ4v) is 2.31. The first kappa shape index (κ1) is 16.2. The number of aryl methyl sites for hydroxylation is 2. The van der Waals surface area contributed by atoms with E-state index in [1.807, 2.05) is 0 Å². The van der Waals surface area contributed by atoms with Crippen molar-refractivity contribution in [1.29, 1.82) is 0 Å². The molecule has 1 aromatic carbocycles. The van der Waals surface area contributed by atoms with Crippen LogP contribution in [0.4, 0.5) is 0 Å². The largest absolute Gasteiger partial charge is 0.388 e. The quantitative estimate of drug-likeness (QED) is 0.798. The molecule has 0 aliphatic rings. The summed E-state index contributed by atoms with van der Waals surface area (Å²) in [5, 5.41) is 10.6. The van der Waals surface area contributed by atoms with E-state index < -0.39 is 0 Å². The van der Waals surface area contributed by atoms with Crippen LogP contribution in [0.1, 0.15) is 70.8 Å². The number of hydrogen-bond donors (Lipinski definition) is 1. The molecule has 2 atom stereocenters. The summed E-state index contributed by atoms with van der Waals surface area (Å²) in [6.45, 7) is 13.3. The van der Waals surface area contributed by atoms with Crippen molar-refractivity contribution in [3.05, 3.63) is 34.9 Å². The number of aliphatic hydroxyl groups excluding tert-OH is 1. The molecule has 0 saturated heterocycles. The average molecular weight is 262 g/mol. The number of benzene rings is 1. The molecule has 1 heteroatoms. The Hall–Kier alpha value is -0.820. The molecule has 1 nitrogen and oxygen atoms in total. The maximum absolute atomic E-state index is 10.6. The molecule has 0 aromatic heterocycles. The van der Waals surface area contributed by atoms with Crippen molar-refractivity contribution in [1.82, 2.24) is 0 Å². The predicted molar refractivity (Wildman–Crippen MR) is 83.4 cm³/mol. The van der Waals surface area contributed by atoms with E-state index in [-0.39, 0.29) is 11.5 Å². The second kappa shape index (κ2) is 6.56. The van der Waals surface area contributed by atoms with E-state index in [9.17, 15) is 5.11 Å². The Balaban J connectivity index is 2.94. The lowest BCUT2D eigenvalue weighted by Crippen LogP contribution is -2.20. The first-order valence-corrected chi connectivity index (χ1v) is 7.59. The smallest absolute Gasteiger partial charge is 0.0795 e. The van der Waals surface area contributed by atoms with Gasteiger partial charge < -0.3 is 5.11 Å². The monoisotopic (exact) mass is 262 g/mol. The first-order valence-electron chi connectivity index (χ1n) is 7.59. The summed E-state index contributed by atoms with van der Waals surface area (Å²) in [6.07, 6.45) is 2.51. The van der Waals surface area contributed by atoms with Gasteiger partial charge in [-0.15, -0.1) is 0 Å². The van der Waals surface area contributed by atoms with Crippen molar-refractivity contribution in [3.8, 4) is 0 Å². The minimum absolute atomic E-state index is 0.246. The van der Waals surface area contributed by atoms with Gasteiger partial charge in [0.2, 0.25) is 0 Å². The van der Waals surface area contributed by atoms with Crippen molar-refractivity contribution < 1.29 is 5.11 Å². The summed E-state index contributed by atoms with van der Waals surface area (Å²) in [4.78, 5) is 0. The molecular formula is C18H30O. The molecule has 2 unspecified atom stereocenters. The van der Waals surface area contributed by atoms with Crippen LogP contribution < -0.4 is 0 Å². The summed E-state index contributed by atoms with van der Waals surface area (Å²) >= 11 is 0. The molecule has 0 aliphatic carbocycles. The normalized spacial score (nSPS) is 15.3. The lowest BCUT2D eigenvalue weighted by Gasteiger charge is -2.29. The Labute approximate surface area is 119 Å². The highest BCUT2D eigenvalue weighted by molar-refractivity contribution is 5.34. The molecule has 0 heterocycles. The van der Waals surface area contributed by atoms with Gasteiger partial charge in [0.1, 0.15) is 0 Å². The van der Waals surface area contributed by atoms with Gasteiger partial charge in [0.25, 0.3) is 0 Å². The second-order valence-electron chi connectivity index (χ2n) is 6.76. The SMILES string of the molecule is CCc1ccc(CC)c(C(O)CC(C)C(C)(C)C)c1. The zero-order valence-electron chi connectivity index (χ0n) is 13.5. The van der Waals surface area contributed by atoms with Crippen LogP contribution >= 0.6 is 0 Å². The summed E-state index contributed by atoms with van der Waals surface area (Å²) in [5.41, 5.74) is 3.98. The molecule has 0 aliphatic heterocycles. The van der Waals surface area contributed by atoms with Crippen LogP contribution in [-0.4, -0.2) is 5.11 Å². The minimum atomic E-state index is -0.337. The first-order chi connectivity index (χ1) is 8.79. The zero-order valence-corrected chi connectivity index (χ0v) is 13.5. The Bertz CT molecular complexity index is 401. The molecule has 0 spiro atoms. The van der Waals surface area contributed by atoms with E-state index in [1.165, 1.54) is 11.1 Å². The van der Waals surface area contributed by atoms with Crippen molar-refractivity contribution in [2.24, 2.45) is 11.3 Å². The predicted octanol–water partition coefficient (Wildman–Crippen LogP) is 4.92. The van der Waals surface area contributed by atoms with Crippen molar-refractivity contribution in [2.45, 2.75) is 66.9 Å². The van der Waals surface area contributed by atoms with Gasteiger partial charge >= 0.3 is 0 Å². The van der Waals surface area contributed by atoms with Gasteiger partial charge in [-0.3, -0.25) is 0 Å². The van der Waals surface area contributed by atoms with Crippen LogP contribution in [0.5, 0.6) is 0 Å². The van der Waals surface area contributed by atoms with Gasteiger partial charge in [0.15, 0.2) is 0 Å². The minimum Gasteiger partial charge on any atom is -0.388 e. The van der Waals surface area contributed by atoms with E-state index in [2.05, 4.69) is 59.7 Å². The van der Waals surface area contributed by atoms with Crippen LogP contribution in [0, 0.1) is 11.3 Å². The number of rotatable bonds is 5. The third kappa shape index (κ3) is 4.35. The highest BCUT2D eigenvalue weighted by Crippen LogP contribution is 2.34. The van der Waals surface area contributed by atoms with E-state index in [0.29, 0.717) is 5.92 Å². The summed E-state index contributed by atoms with van der Waals surface area (Å²) in [5.74, 6) is 0.498. The van der Waals surface area contributed by atoms with Gasteiger partial charge in [-0.2, -0.15) is 0 Å². The van der Waals surface area contributed by atoms with Gasteiger partial charge in [-0.05, 0) is 47.3 Å². The fourth-order valence-electron chi connectivity index (χ4n) is 2.31. The molecule has 1 rings (SSSR count). The van der Waals surface area contributed by atoms with Crippen LogP contribution in [0.15, 0.2) is 18.2 Å². The van der Waals surface area contributed by atoms with Crippen molar-refractivity contribution in [2.75, 3.05) is 0 Å². The third-order valence-corrected chi connectivity index (χ3v) is 4.41. The molecule has 0 saturated carbocycles. The van der Waals surface area contributed by atoms with Crippen LogP contribution in [0.2, 0.25) is 0 Å². The summed E-state index contributed by atoms with van der Waals surface area (Å²) in [6, 6.07) is 6.56. The fraction of sp³-hybridized carbons (Fsp3) is 0.667. The zero-order chi connectivity index (χ0) is 14.6. The third-order valence-electron chi connectivity index (χ3n) is 4.41. The van der Waals surface area contributed by atoms with Gasteiger partial charge in [0, 0.05) is 0 Å². The Morgan fingerprint density at radius 2 is 1.74 bits per heavy atom. The van der Waals surface area contributed by atoms with E-state index in [0.717, 1.165) is 24.8 Å². The Kier molecular flexibility index (Phi) is 5.61. The van der Waals surface area contributed by atoms with E-state index in [1.54, 1.807) is 0 Å². The lowest BCUT2D eigenvalue weighted by atomic mass is 9.77. The summed E-state index contributed by atoms with van der Waals surface area (Å²) in [7, 11) is 0. The van der Waals surface area contributed by atoms with Gasteiger partial charge in [-0.1, -0.05) is 59.7 Å². The maximum Gasteiger partial charge on any atom is 0.0795 e. The van der Waals surface area contributed by atoms with Crippen LogP contribution in [0.3, 0.4) is 0 Å². The lowest BCUT2D eigenvalue weighted by molar-refractivity contribution is 0.110. The molecule has 19 heavy (non-hydrogen) atoms. The van der Waals surface area contributed by atoms with E-state index in [4.69, 9.17) is 0 Å². The number of aliphatic hydroxyl groups is 1. The highest BCUT2D eigenvalue weighted by atomic mass is 16.3. The molecule has 0 bridgehead atoms. The molecule has 0 radical (unpaired) electrons. The summed E-state index contributed by atoms with van der Waals surface area (Å²) < 4.78 is 0. The number of hydrogen-bond acceptors (Lipinski definition) is 1. The molecule has 0 fully saturated rings. The van der Waals surface area contributed by atoms with Gasteiger partial charge in [-0.25, -0.2) is 0 Å². The highest BCUT2D eigenvalue weighted by Gasteiger charge is 2.24. The molecule has 108 valence electrons.